The van der Waals surface area contributed by atoms with E-state index in [0.717, 1.165) is 13.0 Å². The van der Waals surface area contributed by atoms with Crippen LogP contribution in [0.1, 0.15) is 22.8 Å². The lowest BCUT2D eigenvalue weighted by Gasteiger charge is -2.15. The maximum Gasteiger partial charge on any atom is 0.419 e. The van der Waals surface area contributed by atoms with Gasteiger partial charge in [0.1, 0.15) is 5.75 Å². The highest BCUT2D eigenvalue weighted by Crippen LogP contribution is 2.40. The minimum Gasteiger partial charge on any atom is -0.495 e. The fraction of sp³-hybridized carbons (Fsp3) is 0.300. The molecule has 88 valence electrons. The Morgan fingerprint density at radius 1 is 1.38 bits per heavy atom. The number of carbonyl (C=O) groups is 1. The summed E-state index contributed by atoms with van der Waals surface area (Å²) in [7, 11) is 1.21. The Bertz CT molecular complexity index is 427. The van der Waals surface area contributed by atoms with Crippen LogP contribution in [0.2, 0.25) is 0 Å². The van der Waals surface area contributed by atoms with Crippen molar-refractivity contribution in [3.63, 3.8) is 0 Å². The van der Waals surface area contributed by atoms with Gasteiger partial charge in [-0.25, -0.2) is 0 Å². The van der Waals surface area contributed by atoms with Gasteiger partial charge in [0, 0.05) is 5.56 Å². The summed E-state index contributed by atoms with van der Waals surface area (Å²) in [5.41, 5.74) is 3.16. The van der Waals surface area contributed by atoms with Crippen LogP contribution in [0.5, 0.6) is 5.75 Å². The molecule has 0 saturated carbocycles. The number of methoxy groups -OCH3 is 1. The number of nitrogens with two attached hydrogens (primary N) is 1. The normalized spacial score (nSPS) is 11.3. The summed E-state index contributed by atoms with van der Waals surface area (Å²) in [5.74, 6) is -0.793. The van der Waals surface area contributed by atoms with E-state index >= 15 is 0 Å². The average molecular weight is 233 g/mol. The Morgan fingerprint density at radius 3 is 2.31 bits per heavy atom. The van der Waals surface area contributed by atoms with E-state index in [9.17, 15) is 18.0 Å². The molecule has 0 aliphatic carbocycles. The van der Waals surface area contributed by atoms with Crippen molar-refractivity contribution in [2.45, 2.75) is 13.1 Å². The van der Waals surface area contributed by atoms with Gasteiger partial charge >= 0.3 is 6.18 Å². The molecular weight excluding hydrogens is 223 g/mol. The summed E-state index contributed by atoms with van der Waals surface area (Å²) in [6, 6.07) is 2.29. The molecule has 3 nitrogen and oxygen atoms in total. The van der Waals surface area contributed by atoms with Crippen LogP contribution < -0.4 is 10.5 Å². The van der Waals surface area contributed by atoms with Gasteiger partial charge in [0.25, 0.3) is 0 Å². The average Bonchev–Trinajstić information content (AvgIpc) is 2.14. The minimum atomic E-state index is -4.68. The van der Waals surface area contributed by atoms with E-state index < -0.39 is 28.8 Å². The summed E-state index contributed by atoms with van der Waals surface area (Å²) in [6.45, 7) is 1.05. The number of Topliss-reactive ketones (excluding diaryl/α,β-unsaturated/α-hetero) is 1. The highest BCUT2D eigenvalue weighted by molar-refractivity contribution is 5.97. The van der Waals surface area contributed by atoms with Crippen molar-refractivity contribution in [2.75, 3.05) is 12.8 Å². The lowest BCUT2D eigenvalue weighted by molar-refractivity contribution is -0.137. The highest BCUT2D eigenvalue weighted by atomic mass is 19.4. The number of anilines is 1. The van der Waals surface area contributed by atoms with Crippen LogP contribution in [0.25, 0.3) is 0 Å². The van der Waals surface area contributed by atoms with Crippen molar-refractivity contribution in [3.05, 3.63) is 23.3 Å². The second-order valence-electron chi connectivity index (χ2n) is 3.16. The Morgan fingerprint density at radius 2 is 1.94 bits per heavy atom. The third kappa shape index (κ3) is 2.10. The molecule has 0 heterocycles. The van der Waals surface area contributed by atoms with E-state index in [1.165, 1.54) is 13.2 Å². The fourth-order valence-electron chi connectivity index (χ4n) is 1.38. The van der Waals surface area contributed by atoms with Gasteiger partial charge in [0.05, 0.1) is 18.4 Å². The number of ketones is 1. The summed E-state index contributed by atoms with van der Waals surface area (Å²) >= 11 is 0. The third-order valence-electron chi connectivity index (χ3n) is 2.09. The molecule has 6 heteroatoms. The van der Waals surface area contributed by atoms with Crippen molar-refractivity contribution in [1.82, 2.24) is 0 Å². The maximum atomic E-state index is 12.7. The summed E-state index contributed by atoms with van der Waals surface area (Å²) in [6.07, 6.45) is -4.68. The molecule has 0 saturated heterocycles. The second kappa shape index (κ2) is 4.03. The molecule has 0 aromatic heterocycles. The van der Waals surface area contributed by atoms with E-state index in [2.05, 4.69) is 4.74 Å². The van der Waals surface area contributed by atoms with E-state index in [-0.39, 0.29) is 5.75 Å². The largest absolute Gasteiger partial charge is 0.495 e. The molecule has 2 N–H and O–H groups in total. The van der Waals surface area contributed by atoms with Gasteiger partial charge in [-0.05, 0) is 19.1 Å². The maximum absolute atomic E-state index is 12.7. The van der Waals surface area contributed by atoms with Crippen LogP contribution in [0.15, 0.2) is 12.1 Å². The lowest BCUT2D eigenvalue weighted by atomic mass is 10.0. The second-order valence-corrected chi connectivity index (χ2v) is 3.16. The van der Waals surface area contributed by atoms with Gasteiger partial charge in [-0.2, -0.15) is 13.2 Å². The van der Waals surface area contributed by atoms with E-state index in [4.69, 9.17) is 5.73 Å². The van der Waals surface area contributed by atoms with Gasteiger partial charge in [-0.15, -0.1) is 0 Å². The monoisotopic (exact) mass is 233 g/mol. The molecule has 0 bridgehead atoms. The van der Waals surface area contributed by atoms with Crippen LogP contribution in [0, 0.1) is 0 Å². The molecule has 0 fully saturated rings. The molecule has 1 aromatic carbocycles. The molecule has 0 atom stereocenters. The molecule has 16 heavy (non-hydrogen) atoms. The Kier molecular flexibility index (Phi) is 3.11. The van der Waals surface area contributed by atoms with Crippen molar-refractivity contribution < 1.29 is 22.7 Å². The number of halogens is 3. The van der Waals surface area contributed by atoms with Crippen LogP contribution in [-0.4, -0.2) is 12.9 Å². The van der Waals surface area contributed by atoms with Gasteiger partial charge in [-0.3, -0.25) is 4.79 Å². The Hall–Kier alpha value is -1.72. The first-order valence-corrected chi connectivity index (χ1v) is 4.33. The Labute approximate surface area is 90.0 Å². The zero-order chi connectivity index (χ0) is 12.5. The molecular formula is C10H10F3NO2. The first kappa shape index (κ1) is 12.4. The number of hydrogen-bond donors (Lipinski definition) is 1. The van der Waals surface area contributed by atoms with Crippen LogP contribution in [-0.2, 0) is 6.18 Å². The van der Waals surface area contributed by atoms with Crippen molar-refractivity contribution in [3.8, 4) is 5.75 Å². The van der Waals surface area contributed by atoms with Gasteiger partial charge in [-0.1, -0.05) is 0 Å². The van der Waals surface area contributed by atoms with Crippen molar-refractivity contribution in [2.24, 2.45) is 0 Å². The molecule has 0 unspecified atom stereocenters. The van der Waals surface area contributed by atoms with Gasteiger partial charge in [0.2, 0.25) is 0 Å². The minimum absolute atomic E-state index is 0.0997. The van der Waals surface area contributed by atoms with E-state index in [1.54, 1.807) is 0 Å². The van der Waals surface area contributed by atoms with Crippen LogP contribution in [0.3, 0.4) is 0 Å². The third-order valence-corrected chi connectivity index (χ3v) is 2.09. The van der Waals surface area contributed by atoms with Crippen LogP contribution >= 0.6 is 0 Å². The molecule has 0 aliphatic rings. The molecule has 0 amide bonds. The number of hydrogen-bond acceptors (Lipinski definition) is 3. The lowest BCUT2D eigenvalue weighted by Crippen LogP contribution is -2.15. The summed E-state index contributed by atoms with van der Waals surface area (Å²) in [4.78, 5) is 11.1. The molecule has 0 radical (unpaired) electrons. The predicted molar refractivity (Wildman–Crippen MR) is 52.4 cm³/mol. The number of carbonyl (C=O) groups excluding carboxylic acids is 1. The molecule has 1 aromatic rings. The zero-order valence-electron chi connectivity index (χ0n) is 8.68. The SMILES string of the molecule is COc1ccc(C(C)=O)c(C(F)(F)F)c1N. The quantitative estimate of drug-likeness (QED) is 0.630. The highest BCUT2D eigenvalue weighted by Gasteiger charge is 2.38. The predicted octanol–water partition coefficient (Wildman–Crippen LogP) is 2.50. The van der Waals surface area contributed by atoms with E-state index in [1.807, 2.05) is 0 Å². The van der Waals surface area contributed by atoms with Gasteiger partial charge < -0.3 is 10.5 Å². The molecule has 0 spiro atoms. The summed E-state index contributed by atoms with van der Waals surface area (Å²) in [5, 5.41) is 0. The molecule has 1 rings (SSSR count). The number of benzene rings is 1. The first-order valence-electron chi connectivity index (χ1n) is 4.33. The number of rotatable bonds is 2. The molecule has 0 aliphatic heterocycles. The van der Waals surface area contributed by atoms with Crippen LogP contribution in [0.4, 0.5) is 18.9 Å². The van der Waals surface area contributed by atoms with Gasteiger partial charge in [0.15, 0.2) is 5.78 Å². The Balaban J connectivity index is 3.56. The fourth-order valence-corrected chi connectivity index (χ4v) is 1.38. The number of nitrogen functional groups attached to an aromatic ring is 1. The zero-order valence-corrected chi connectivity index (χ0v) is 8.68. The topological polar surface area (TPSA) is 52.3 Å². The summed E-state index contributed by atoms with van der Waals surface area (Å²) < 4.78 is 42.8. The van der Waals surface area contributed by atoms with Crippen molar-refractivity contribution in [1.29, 1.82) is 0 Å². The number of ether oxygens (including phenoxy) is 1. The van der Waals surface area contributed by atoms with E-state index in [0.29, 0.717) is 0 Å². The number of alkyl halides is 3. The first-order chi connectivity index (χ1) is 7.29. The standard InChI is InChI=1S/C10H10F3NO2/c1-5(15)6-3-4-7(16-2)9(14)8(6)10(11,12)13/h3-4H,14H2,1-2H3. The van der Waals surface area contributed by atoms with Crippen molar-refractivity contribution >= 4 is 11.5 Å². The smallest absolute Gasteiger partial charge is 0.419 e.